The largest absolute Gasteiger partial charge is 0.497 e. The molecule has 190 valence electrons. The van der Waals surface area contributed by atoms with E-state index < -0.39 is 29.7 Å². The number of halogens is 4. The van der Waals surface area contributed by atoms with Crippen molar-refractivity contribution in [2.45, 2.75) is 31.0 Å². The van der Waals surface area contributed by atoms with Crippen LogP contribution in [0, 0.1) is 5.82 Å². The summed E-state index contributed by atoms with van der Waals surface area (Å²) in [5, 5.41) is 3.16. The third kappa shape index (κ3) is 4.57. The van der Waals surface area contributed by atoms with Gasteiger partial charge in [-0.05, 0) is 59.9 Å². The van der Waals surface area contributed by atoms with Crippen LogP contribution in [0.25, 0.3) is 0 Å². The number of rotatable bonds is 3. The number of Topliss-reactive ketones (excluding diaryl/α,β-unsaturated/α-hetero) is 1. The molecule has 37 heavy (non-hydrogen) atoms. The average Bonchev–Trinajstić information content (AvgIpc) is 3.03. The van der Waals surface area contributed by atoms with E-state index in [1.54, 1.807) is 31.4 Å². The first kappa shape index (κ1) is 24.5. The van der Waals surface area contributed by atoms with Gasteiger partial charge in [0.1, 0.15) is 11.6 Å². The van der Waals surface area contributed by atoms with Gasteiger partial charge in [0.25, 0.3) is 0 Å². The predicted molar refractivity (Wildman–Crippen MR) is 130 cm³/mol. The molecular weight excluding hydrogens is 488 g/mol. The molecule has 3 aromatic rings. The number of amides is 1. The predicted octanol–water partition coefficient (Wildman–Crippen LogP) is 6.30. The highest BCUT2D eigenvalue weighted by molar-refractivity contribution is 6.07. The molecule has 0 fully saturated rings. The van der Waals surface area contributed by atoms with Crippen molar-refractivity contribution in [1.29, 1.82) is 0 Å². The molecule has 0 saturated carbocycles. The van der Waals surface area contributed by atoms with Crippen LogP contribution >= 0.6 is 0 Å². The van der Waals surface area contributed by atoms with E-state index in [-0.39, 0.29) is 34.9 Å². The first-order valence-corrected chi connectivity index (χ1v) is 11.6. The van der Waals surface area contributed by atoms with Gasteiger partial charge in [-0.1, -0.05) is 36.4 Å². The van der Waals surface area contributed by atoms with E-state index in [1.807, 2.05) is 12.1 Å². The maximum Gasteiger partial charge on any atom is 0.471 e. The second-order valence-corrected chi connectivity index (χ2v) is 8.96. The Balaban J connectivity index is 1.70. The minimum atomic E-state index is -5.21. The summed E-state index contributed by atoms with van der Waals surface area (Å²) in [5.41, 5.74) is 1.80. The molecule has 5 nitrogen and oxygen atoms in total. The fourth-order valence-corrected chi connectivity index (χ4v) is 5.02. The smallest absolute Gasteiger partial charge is 0.471 e. The van der Waals surface area contributed by atoms with Crippen LogP contribution in [0.4, 0.5) is 28.9 Å². The van der Waals surface area contributed by atoms with E-state index in [1.165, 1.54) is 24.3 Å². The van der Waals surface area contributed by atoms with Crippen LogP contribution in [-0.4, -0.2) is 25.0 Å². The fraction of sp³-hybridized carbons (Fsp3) is 0.214. The van der Waals surface area contributed by atoms with E-state index in [9.17, 15) is 27.2 Å². The lowest BCUT2D eigenvalue weighted by Crippen LogP contribution is -2.45. The van der Waals surface area contributed by atoms with Gasteiger partial charge in [-0.2, -0.15) is 13.2 Å². The molecule has 1 aliphatic carbocycles. The molecule has 1 heterocycles. The molecule has 5 rings (SSSR count). The molecule has 0 spiro atoms. The van der Waals surface area contributed by atoms with Crippen molar-refractivity contribution < 1.29 is 31.9 Å². The molecule has 2 atom stereocenters. The van der Waals surface area contributed by atoms with E-state index >= 15 is 0 Å². The Labute approximate surface area is 210 Å². The lowest BCUT2D eigenvalue weighted by Gasteiger charge is -2.35. The van der Waals surface area contributed by atoms with Gasteiger partial charge in [0.2, 0.25) is 0 Å². The number of nitrogens with one attached hydrogen (secondary N) is 1. The quantitative estimate of drug-likeness (QED) is 0.421. The molecule has 2 aliphatic rings. The number of ether oxygens (including phenoxy) is 1. The number of nitrogens with zero attached hydrogens (tertiary/aromatic N) is 1. The average molecular weight is 510 g/mol. The summed E-state index contributed by atoms with van der Waals surface area (Å²) < 4.78 is 60.7. The number of ketones is 1. The third-order valence-corrected chi connectivity index (χ3v) is 6.72. The first-order valence-electron chi connectivity index (χ1n) is 11.6. The normalized spacial score (nSPS) is 19.5. The molecule has 0 bridgehead atoms. The number of allylic oxidation sites excluding steroid dienone is 1. The SMILES string of the molecule is COc1ccc([C@H]2CC(=O)C3=C(C2)Nc2ccccc2N(C(=O)C(F)(F)F)[C@H]3c2ccc(F)cc2)cc1. The molecule has 0 radical (unpaired) electrons. The van der Waals surface area contributed by atoms with Gasteiger partial charge in [0, 0.05) is 17.7 Å². The second-order valence-electron chi connectivity index (χ2n) is 8.96. The van der Waals surface area contributed by atoms with Crippen molar-refractivity contribution >= 4 is 23.1 Å². The highest BCUT2D eigenvalue weighted by Gasteiger charge is 2.49. The van der Waals surface area contributed by atoms with Gasteiger partial charge >= 0.3 is 12.1 Å². The Morgan fingerprint density at radius 2 is 1.59 bits per heavy atom. The molecule has 0 unspecified atom stereocenters. The van der Waals surface area contributed by atoms with Crippen LogP contribution in [0.3, 0.4) is 0 Å². The molecule has 1 aliphatic heterocycles. The van der Waals surface area contributed by atoms with E-state index in [4.69, 9.17) is 4.74 Å². The van der Waals surface area contributed by atoms with Crippen molar-refractivity contribution in [2.24, 2.45) is 0 Å². The molecular formula is C28H22F4N2O3. The lowest BCUT2D eigenvalue weighted by molar-refractivity contribution is -0.170. The topological polar surface area (TPSA) is 58.6 Å². The molecule has 0 aromatic heterocycles. The highest BCUT2D eigenvalue weighted by Crippen LogP contribution is 2.48. The molecule has 0 saturated heterocycles. The van der Waals surface area contributed by atoms with Gasteiger partial charge in [-0.15, -0.1) is 0 Å². The van der Waals surface area contributed by atoms with Crippen LogP contribution in [0.2, 0.25) is 0 Å². The number of fused-ring (bicyclic) bond motifs is 1. The number of hydrogen-bond acceptors (Lipinski definition) is 4. The minimum Gasteiger partial charge on any atom is -0.497 e. The zero-order chi connectivity index (χ0) is 26.3. The monoisotopic (exact) mass is 510 g/mol. The fourth-order valence-electron chi connectivity index (χ4n) is 5.02. The standard InChI is InChI=1S/C28H22F4N2O3/c1-37-20-12-8-16(9-13-20)18-14-22-25(24(35)15-18)26(17-6-10-19(29)11-7-17)34(27(36)28(30,31)32)23-5-3-2-4-21(23)33-22/h2-13,18,26,33H,14-15H2,1H3/t18-,26+/m1/s1. The summed E-state index contributed by atoms with van der Waals surface area (Å²) in [5.74, 6) is -2.68. The number of alkyl halides is 3. The van der Waals surface area contributed by atoms with Gasteiger partial charge in [0.05, 0.1) is 24.5 Å². The summed E-state index contributed by atoms with van der Waals surface area (Å²) in [6.07, 6.45) is -4.85. The van der Waals surface area contributed by atoms with Gasteiger partial charge < -0.3 is 10.1 Å². The minimum absolute atomic E-state index is 0.0256. The van der Waals surface area contributed by atoms with Crippen LogP contribution in [0.15, 0.2) is 84.1 Å². The Morgan fingerprint density at radius 1 is 0.946 bits per heavy atom. The van der Waals surface area contributed by atoms with E-state index in [0.717, 1.165) is 17.7 Å². The van der Waals surface area contributed by atoms with Crippen LogP contribution in [0.5, 0.6) is 5.75 Å². The van der Waals surface area contributed by atoms with Crippen molar-refractivity contribution in [1.82, 2.24) is 0 Å². The Hall–Kier alpha value is -4.14. The number of hydrogen-bond donors (Lipinski definition) is 1. The summed E-state index contributed by atoms with van der Waals surface area (Å²) in [7, 11) is 1.55. The van der Waals surface area contributed by atoms with Gasteiger partial charge in [-0.25, -0.2) is 4.39 Å². The summed E-state index contributed by atoms with van der Waals surface area (Å²) in [6.45, 7) is 0. The molecule has 9 heteroatoms. The number of para-hydroxylation sites is 2. The number of anilines is 2. The maximum absolute atomic E-state index is 13.9. The zero-order valence-corrected chi connectivity index (χ0v) is 19.7. The number of benzene rings is 3. The van der Waals surface area contributed by atoms with Crippen molar-refractivity contribution in [3.63, 3.8) is 0 Å². The Kier molecular flexibility index (Phi) is 6.23. The van der Waals surface area contributed by atoms with Crippen molar-refractivity contribution in [3.8, 4) is 5.75 Å². The van der Waals surface area contributed by atoms with Crippen molar-refractivity contribution in [3.05, 3.63) is 101 Å². The third-order valence-electron chi connectivity index (χ3n) is 6.72. The summed E-state index contributed by atoms with van der Waals surface area (Å²) in [6, 6.07) is 16.8. The number of carbonyl (C=O) groups is 2. The van der Waals surface area contributed by atoms with Gasteiger partial charge in [-0.3, -0.25) is 14.5 Å². The summed E-state index contributed by atoms with van der Waals surface area (Å²) >= 11 is 0. The highest BCUT2D eigenvalue weighted by atomic mass is 19.4. The first-order chi connectivity index (χ1) is 17.7. The second kappa shape index (κ2) is 9.38. The van der Waals surface area contributed by atoms with Crippen LogP contribution < -0.4 is 15.0 Å². The van der Waals surface area contributed by atoms with E-state index in [2.05, 4.69) is 5.32 Å². The Bertz CT molecular complexity index is 1380. The number of methoxy groups -OCH3 is 1. The molecule has 1 amide bonds. The summed E-state index contributed by atoms with van der Waals surface area (Å²) in [4.78, 5) is 27.2. The molecule has 3 aromatic carbocycles. The zero-order valence-electron chi connectivity index (χ0n) is 19.7. The van der Waals surface area contributed by atoms with Gasteiger partial charge in [0.15, 0.2) is 5.78 Å². The van der Waals surface area contributed by atoms with Crippen LogP contribution in [-0.2, 0) is 9.59 Å². The van der Waals surface area contributed by atoms with E-state index in [0.29, 0.717) is 22.8 Å². The van der Waals surface area contributed by atoms with Crippen molar-refractivity contribution in [2.75, 3.05) is 17.3 Å². The van der Waals surface area contributed by atoms with Crippen LogP contribution in [0.1, 0.15) is 35.9 Å². The Morgan fingerprint density at radius 3 is 2.24 bits per heavy atom. The maximum atomic E-state index is 13.9. The lowest BCUT2D eigenvalue weighted by atomic mass is 9.78. The number of carbonyl (C=O) groups excluding carboxylic acids is 2. The molecule has 1 N–H and O–H groups in total.